The average molecular weight is 247 g/mol. The van der Waals surface area contributed by atoms with Crippen LogP contribution in [0.4, 0.5) is 0 Å². The van der Waals surface area contributed by atoms with Gasteiger partial charge in [-0.05, 0) is 32.9 Å². The summed E-state index contributed by atoms with van der Waals surface area (Å²) in [6.07, 6.45) is 4.97. The molecule has 2 rings (SSSR count). The topological polar surface area (TPSA) is 43.0 Å². The summed E-state index contributed by atoms with van der Waals surface area (Å²) in [6.45, 7) is 8.96. The SMILES string of the molecule is CCCNCc1occc1-c1cn(CC)nc1C. The lowest BCUT2D eigenvalue weighted by Crippen LogP contribution is -2.13. The minimum atomic E-state index is 0.771. The molecule has 2 heterocycles. The molecule has 0 saturated heterocycles. The zero-order valence-electron chi connectivity index (χ0n) is 11.4. The number of rotatable bonds is 6. The van der Waals surface area contributed by atoms with Crippen molar-refractivity contribution in [2.24, 2.45) is 0 Å². The van der Waals surface area contributed by atoms with E-state index in [0.717, 1.165) is 43.1 Å². The zero-order valence-corrected chi connectivity index (χ0v) is 11.4. The predicted octanol–water partition coefficient (Wildman–Crippen LogP) is 2.97. The Balaban J connectivity index is 2.21. The van der Waals surface area contributed by atoms with Crippen LogP contribution in [-0.2, 0) is 13.1 Å². The van der Waals surface area contributed by atoms with E-state index in [2.05, 4.69) is 30.5 Å². The van der Waals surface area contributed by atoms with Gasteiger partial charge in [-0.15, -0.1) is 0 Å². The normalized spacial score (nSPS) is 11.1. The minimum Gasteiger partial charge on any atom is -0.467 e. The molecule has 0 aliphatic carbocycles. The van der Waals surface area contributed by atoms with Crippen molar-refractivity contribution in [3.8, 4) is 11.1 Å². The molecule has 2 aromatic rings. The quantitative estimate of drug-likeness (QED) is 0.798. The molecule has 0 atom stereocenters. The van der Waals surface area contributed by atoms with Gasteiger partial charge in [-0.3, -0.25) is 4.68 Å². The van der Waals surface area contributed by atoms with E-state index in [4.69, 9.17) is 4.42 Å². The highest BCUT2D eigenvalue weighted by molar-refractivity contribution is 5.66. The molecule has 0 amide bonds. The van der Waals surface area contributed by atoms with Crippen LogP contribution in [-0.4, -0.2) is 16.3 Å². The van der Waals surface area contributed by atoms with Crippen molar-refractivity contribution in [3.05, 3.63) is 30.0 Å². The van der Waals surface area contributed by atoms with E-state index in [1.54, 1.807) is 6.26 Å². The first-order valence-electron chi connectivity index (χ1n) is 6.57. The molecule has 4 nitrogen and oxygen atoms in total. The van der Waals surface area contributed by atoms with E-state index < -0.39 is 0 Å². The molecule has 0 bridgehead atoms. The number of nitrogens with one attached hydrogen (secondary N) is 1. The number of aryl methyl sites for hydroxylation is 2. The van der Waals surface area contributed by atoms with E-state index >= 15 is 0 Å². The van der Waals surface area contributed by atoms with Gasteiger partial charge in [-0.1, -0.05) is 6.92 Å². The van der Waals surface area contributed by atoms with Gasteiger partial charge in [0, 0.05) is 23.9 Å². The van der Waals surface area contributed by atoms with Crippen molar-refractivity contribution in [2.75, 3.05) is 6.54 Å². The maximum absolute atomic E-state index is 5.56. The summed E-state index contributed by atoms with van der Waals surface area (Å²) in [4.78, 5) is 0. The standard InChI is InChI=1S/C14H21N3O/c1-4-7-15-9-14-12(6-8-18-14)13-10-17(5-2)16-11(13)3/h6,8,10,15H,4-5,7,9H2,1-3H3. The van der Waals surface area contributed by atoms with Gasteiger partial charge in [0.05, 0.1) is 18.5 Å². The molecular formula is C14H21N3O. The second kappa shape index (κ2) is 5.87. The number of hydrogen-bond donors (Lipinski definition) is 1. The van der Waals surface area contributed by atoms with E-state index in [1.165, 1.54) is 5.56 Å². The van der Waals surface area contributed by atoms with E-state index in [1.807, 2.05) is 17.7 Å². The Bertz CT molecular complexity index is 499. The zero-order chi connectivity index (χ0) is 13.0. The Hall–Kier alpha value is -1.55. The van der Waals surface area contributed by atoms with E-state index in [-0.39, 0.29) is 0 Å². The Kier molecular flexibility index (Phi) is 4.20. The second-order valence-corrected chi connectivity index (χ2v) is 4.42. The summed E-state index contributed by atoms with van der Waals surface area (Å²) in [5, 5.41) is 7.84. The molecule has 0 saturated carbocycles. The average Bonchev–Trinajstić information content (AvgIpc) is 2.95. The van der Waals surface area contributed by atoms with Crippen LogP contribution in [0.25, 0.3) is 11.1 Å². The summed E-state index contributed by atoms with van der Waals surface area (Å²) < 4.78 is 7.52. The lowest BCUT2D eigenvalue weighted by Gasteiger charge is -2.03. The van der Waals surface area contributed by atoms with Gasteiger partial charge in [-0.2, -0.15) is 5.10 Å². The molecular weight excluding hydrogens is 226 g/mol. The monoisotopic (exact) mass is 247 g/mol. The van der Waals surface area contributed by atoms with Crippen molar-refractivity contribution in [3.63, 3.8) is 0 Å². The Labute approximate surface area is 108 Å². The summed E-state index contributed by atoms with van der Waals surface area (Å²) in [5.41, 5.74) is 3.37. The van der Waals surface area contributed by atoms with Crippen LogP contribution in [0.15, 0.2) is 22.9 Å². The highest BCUT2D eigenvalue weighted by atomic mass is 16.3. The summed E-state index contributed by atoms with van der Waals surface area (Å²) in [6, 6.07) is 2.02. The molecule has 98 valence electrons. The number of hydrogen-bond acceptors (Lipinski definition) is 3. The number of aromatic nitrogens is 2. The molecule has 0 aliphatic heterocycles. The van der Waals surface area contributed by atoms with Crippen LogP contribution < -0.4 is 5.32 Å². The highest BCUT2D eigenvalue weighted by Crippen LogP contribution is 2.27. The molecule has 0 aliphatic rings. The largest absolute Gasteiger partial charge is 0.467 e. The van der Waals surface area contributed by atoms with Gasteiger partial charge in [0.1, 0.15) is 5.76 Å². The number of furan rings is 1. The first-order chi connectivity index (χ1) is 8.76. The molecule has 0 spiro atoms. The Morgan fingerprint density at radius 1 is 1.33 bits per heavy atom. The second-order valence-electron chi connectivity index (χ2n) is 4.42. The summed E-state index contributed by atoms with van der Waals surface area (Å²) in [5.74, 6) is 0.988. The van der Waals surface area contributed by atoms with Crippen molar-refractivity contribution in [1.29, 1.82) is 0 Å². The molecule has 18 heavy (non-hydrogen) atoms. The van der Waals surface area contributed by atoms with Crippen LogP contribution in [0.3, 0.4) is 0 Å². The first-order valence-corrected chi connectivity index (χ1v) is 6.57. The molecule has 0 fully saturated rings. The predicted molar refractivity (Wildman–Crippen MR) is 72.3 cm³/mol. The Morgan fingerprint density at radius 3 is 2.83 bits per heavy atom. The van der Waals surface area contributed by atoms with Gasteiger partial charge in [-0.25, -0.2) is 0 Å². The smallest absolute Gasteiger partial charge is 0.125 e. The van der Waals surface area contributed by atoms with Gasteiger partial charge in [0.15, 0.2) is 0 Å². The van der Waals surface area contributed by atoms with Crippen LogP contribution >= 0.6 is 0 Å². The van der Waals surface area contributed by atoms with Gasteiger partial charge >= 0.3 is 0 Å². The fourth-order valence-corrected chi connectivity index (χ4v) is 2.04. The van der Waals surface area contributed by atoms with Crippen LogP contribution in [0.5, 0.6) is 0 Å². The summed E-state index contributed by atoms with van der Waals surface area (Å²) in [7, 11) is 0. The van der Waals surface area contributed by atoms with E-state index in [0.29, 0.717) is 0 Å². The Morgan fingerprint density at radius 2 is 2.17 bits per heavy atom. The third kappa shape index (κ3) is 2.64. The van der Waals surface area contributed by atoms with Gasteiger partial charge in [0.2, 0.25) is 0 Å². The third-order valence-corrected chi connectivity index (χ3v) is 3.02. The fraction of sp³-hybridized carbons (Fsp3) is 0.500. The molecule has 2 aromatic heterocycles. The van der Waals surface area contributed by atoms with Crippen LogP contribution in [0, 0.1) is 6.92 Å². The maximum Gasteiger partial charge on any atom is 0.125 e. The van der Waals surface area contributed by atoms with Crippen LogP contribution in [0.1, 0.15) is 31.7 Å². The maximum atomic E-state index is 5.56. The molecule has 0 aromatic carbocycles. The highest BCUT2D eigenvalue weighted by Gasteiger charge is 2.13. The summed E-state index contributed by atoms with van der Waals surface area (Å²) >= 11 is 0. The number of nitrogens with zero attached hydrogens (tertiary/aromatic N) is 2. The lowest BCUT2D eigenvalue weighted by molar-refractivity contribution is 0.484. The molecule has 4 heteroatoms. The fourth-order valence-electron chi connectivity index (χ4n) is 2.04. The molecule has 0 unspecified atom stereocenters. The van der Waals surface area contributed by atoms with Gasteiger partial charge in [0.25, 0.3) is 0 Å². The van der Waals surface area contributed by atoms with Crippen molar-refractivity contribution in [1.82, 2.24) is 15.1 Å². The first kappa shape index (κ1) is 12.9. The lowest BCUT2D eigenvalue weighted by atomic mass is 10.1. The van der Waals surface area contributed by atoms with Gasteiger partial charge < -0.3 is 9.73 Å². The minimum absolute atomic E-state index is 0.771. The van der Waals surface area contributed by atoms with Crippen molar-refractivity contribution < 1.29 is 4.42 Å². The van der Waals surface area contributed by atoms with E-state index in [9.17, 15) is 0 Å². The molecule has 0 radical (unpaired) electrons. The third-order valence-electron chi connectivity index (χ3n) is 3.02. The molecule has 1 N–H and O–H groups in total. The van der Waals surface area contributed by atoms with Crippen molar-refractivity contribution in [2.45, 2.75) is 40.3 Å². The van der Waals surface area contributed by atoms with Crippen LogP contribution in [0.2, 0.25) is 0 Å². The van der Waals surface area contributed by atoms with Crippen molar-refractivity contribution >= 4 is 0 Å².